The molecule has 2 aromatic heterocycles. The molecular weight excluding hydrogens is 316 g/mol. The van der Waals surface area contributed by atoms with Gasteiger partial charge in [-0.3, -0.25) is 9.78 Å². The number of carbonyl (C=O) groups is 1. The topological polar surface area (TPSA) is 53.4 Å². The van der Waals surface area contributed by atoms with Crippen LogP contribution in [0.5, 0.6) is 5.75 Å². The molecule has 1 aromatic carbocycles. The van der Waals surface area contributed by atoms with Gasteiger partial charge >= 0.3 is 5.97 Å². The molecule has 5 nitrogen and oxygen atoms in total. The monoisotopic (exact) mass is 340 g/mol. The van der Waals surface area contributed by atoms with Crippen molar-refractivity contribution in [2.75, 3.05) is 7.11 Å². The molecule has 0 saturated carbocycles. The Bertz CT molecular complexity index is 935. The lowest BCUT2D eigenvalue weighted by molar-refractivity contribution is -0.155. The number of fused-ring (bicyclic) bond motifs is 3. The maximum Gasteiger partial charge on any atom is 0.308 e. The van der Waals surface area contributed by atoms with Crippen LogP contribution in [0.3, 0.4) is 0 Å². The minimum Gasteiger partial charge on any atom is -0.497 e. The van der Waals surface area contributed by atoms with Crippen molar-refractivity contribution < 1.29 is 14.3 Å². The van der Waals surface area contributed by atoms with E-state index < -0.39 is 5.60 Å². The number of ether oxygens (including phenoxy) is 2. The van der Waals surface area contributed by atoms with E-state index in [-0.39, 0.29) is 5.97 Å². The van der Waals surface area contributed by atoms with Gasteiger partial charge in [0.25, 0.3) is 0 Å². The Morgan fingerprint density at radius 1 is 1.20 bits per heavy atom. The number of hydrogen-bond donors (Lipinski definition) is 0. The van der Waals surface area contributed by atoms with Crippen LogP contribution < -0.4 is 4.74 Å². The summed E-state index contributed by atoms with van der Waals surface area (Å²) in [6.07, 6.45) is 2.13. The zero-order valence-electron chi connectivity index (χ0n) is 15.4. The van der Waals surface area contributed by atoms with Gasteiger partial charge in [-0.2, -0.15) is 0 Å². The van der Waals surface area contributed by atoms with Gasteiger partial charge in [0.2, 0.25) is 0 Å². The number of nitrogens with zero attached hydrogens (tertiary/aromatic N) is 2. The van der Waals surface area contributed by atoms with E-state index >= 15 is 0 Å². The average molecular weight is 340 g/mol. The Kier molecular flexibility index (Phi) is 4.41. The first-order chi connectivity index (χ1) is 11.8. The highest BCUT2D eigenvalue weighted by molar-refractivity contribution is 6.09. The van der Waals surface area contributed by atoms with Crippen LogP contribution in [0.1, 0.15) is 32.9 Å². The van der Waals surface area contributed by atoms with Gasteiger partial charge in [-0.15, -0.1) is 0 Å². The summed E-state index contributed by atoms with van der Waals surface area (Å²) in [4.78, 5) is 16.6. The molecule has 0 radical (unpaired) electrons. The molecule has 25 heavy (non-hydrogen) atoms. The summed E-state index contributed by atoms with van der Waals surface area (Å²) >= 11 is 0. The minimum absolute atomic E-state index is 0.202. The Morgan fingerprint density at radius 3 is 2.64 bits per heavy atom. The zero-order valence-corrected chi connectivity index (χ0v) is 15.4. The summed E-state index contributed by atoms with van der Waals surface area (Å²) in [6, 6.07) is 8.03. The highest BCUT2D eigenvalue weighted by atomic mass is 16.6. The molecule has 0 aliphatic rings. The highest BCUT2D eigenvalue weighted by Crippen LogP contribution is 2.32. The second-order valence-corrected chi connectivity index (χ2v) is 7.16. The summed E-state index contributed by atoms with van der Waals surface area (Å²) in [5, 5.41) is 2.26. The van der Waals surface area contributed by atoms with Crippen molar-refractivity contribution in [2.24, 2.45) is 0 Å². The van der Waals surface area contributed by atoms with E-state index in [1.807, 2.05) is 52.1 Å². The molecule has 0 spiro atoms. The van der Waals surface area contributed by atoms with E-state index in [1.54, 1.807) is 7.11 Å². The van der Waals surface area contributed by atoms with Crippen molar-refractivity contribution in [3.05, 3.63) is 36.2 Å². The lowest BCUT2D eigenvalue weighted by Gasteiger charge is -2.19. The van der Waals surface area contributed by atoms with Crippen LogP contribution in [0.15, 0.2) is 30.5 Å². The van der Waals surface area contributed by atoms with Crippen molar-refractivity contribution >= 4 is 27.8 Å². The van der Waals surface area contributed by atoms with E-state index in [1.165, 1.54) is 0 Å². The zero-order chi connectivity index (χ0) is 18.2. The van der Waals surface area contributed by atoms with Crippen LogP contribution in [0.2, 0.25) is 0 Å². The first-order valence-electron chi connectivity index (χ1n) is 8.43. The lowest BCUT2D eigenvalue weighted by atomic mass is 10.1. The van der Waals surface area contributed by atoms with Crippen LogP contribution in [0.25, 0.3) is 21.8 Å². The van der Waals surface area contributed by atoms with Gasteiger partial charge < -0.3 is 14.0 Å². The number of aromatic nitrogens is 2. The standard InChI is InChI=1S/C20H24N2O3/c1-13-19-16(8-10-21-13)15-7-6-14(24-5)12-17(15)22(19)11-9-18(23)25-20(2,3)4/h6-8,10,12H,9,11H2,1-5H3. The average Bonchev–Trinajstić information content (AvgIpc) is 2.85. The van der Waals surface area contributed by atoms with Crippen molar-refractivity contribution in [1.29, 1.82) is 0 Å². The third-order valence-corrected chi connectivity index (χ3v) is 4.12. The largest absolute Gasteiger partial charge is 0.497 e. The molecule has 5 heteroatoms. The predicted molar refractivity (Wildman–Crippen MR) is 99.0 cm³/mol. The summed E-state index contributed by atoms with van der Waals surface area (Å²) in [7, 11) is 1.65. The fourth-order valence-electron chi connectivity index (χ4n) is 3.15. The van der Waals surface area contributed by atoms with Gasteiger partial charge in [0.05, 0.1) is 30.3 Å². The second kappa shape index (κ2) is 6.39. The Hall–Kier alpha value is -2.56. The minimum atomic E-state index is -0.474. The Labute approximate surface area is 147 Å². The van der Waals surface area contributed by atoms with Crippen molar-refractivity contribution in [1.82, 2.24) is 9.55 Å². The number of hydrogen-bond acceptors (Lipinski definition) is 4. The first-order valence-corrected chi connectivity index (χ1v) is 8.43. The molecule has 3 aromatic rings. The third kappa shape index (κ3) is 3.45. The Morgan fingerprint density at radius 2 is 1.96 bits per heavy atom. The van der Waals surface area contributed by atoms with Crippen LogP contribution in [-0.4, -0.2) is 28.2 Å². The molecule has 0 bridgehead atoms. The molecule has 0 aliphatic carbocycles. The normalized spacial score (nSPS) is 11.9. The lowest BCUT2D eigenvalue weighted by Crippen LogP contribution is -2.24. The maximum atomic E-state index is 12.2. The molecule has 0 saturated heterocycles. The van der Waals surface area contributed by atoms with Gasteiger partial charge in [0.15, 0.2) is 0 Å². The van der Waals surface area contributed by atoms with Gasteiger partial charge in [-0.25, -0.2) is 0 Å². The summed E-state index contributed by atoms with van der Waals surface area (Å²) in [6.45, 7) is 8.16. The Balaban J connectivity index is 2.06. The molecule has 2 heterocycles. The predicted octanol–water partition coefficient (Wildman–Crippen LogP) is 4.24. The number of esters is 1. The fraction of sp³-hybridized carbons (Fsp3) is 0.400. The van der Waals surface area contributed by atoms with E-state index in [0.29, 0.717) is 13.0 Å². The molecule has 0 amide bonds. The number of benzene rings is 1. The summed E-state index contributed by atoms with van der Waals surface area (Å²) in [5.74, 6) is 0.589. The molecule has 0 atom stereocenters. The van der Waals surface area contributed by atoms with Crippen LogP contribution in [0.4, 0.5) is 0 Å². The van der Waals surface area contributed by atoms with E-state index in [2.05, 4.69) is 15.6 Å². The number of carbonyl (C=O) groups excluding carboxylic acids is 1. The third-order valence-electron chi connectivity index (χ3n) is 4.12. The van der Waals surface area contributed by atoms with Crippen molar-refractivity contribution in [3.63, 3.8) is 0 Å². The summed E-state index contributed by atoms with van der Waals surface area (Å²) in [5.41, 5.74) is 2.55. The molecule has 0 N–H and O–H groups in total. The molecule has 0 fully saturated rings. The molecular formula is C20H24N2O3. The van der Waals surface area contributed by atoms with Crippen molar-refractivity contribution in [3.8, 4) is 5.75 Å². The number of rotatable bonds is 4. The first kappa shape index (κ1) is 17.3. The van der Waals surface area contributed by atoms with Crippen LogP contribution in [-0.2, 0) is 16.1 Å². The number of aryl methyl sites for hydroxylation is 2. The molecule has 3 rings (SSSR count). The number of pyridine rings is 1. The molecule has 0 aliphatic heterocycles. The summed E-state index contributed by atoms with van der Waals surface area (Å²) < 4.78 is 13.0. The number of methoxy groups -OCH3 is 1. The van der Waals surface area contributed by atoms with E-state index in [0.717, 1.165) is 33.2 Å². The van der Waals surface area contributed by atoms with E-state index in [9.17, 15) is 4.79 Å². The van der Waals surface area contributed by atoms with E-state index in [4.69, 9.17) is 9.47 Å². The van der Waals surface area contributed by atoms with Gasteiger partial charge in [0, 0.05) is 29.6 Å². The molecule has 0 unspecified atom stereocenters. The SMILES string of the molecule is COc1ccc2c3ccnc(C)c3n(CCC(=O)OC(C)(C)C)c2c1. The van der Waals surface area contributed by atoms with Gasteiger partial charge in [-0.1, -0.05) is 0 Å². The van der Waals surface area contributed by atoms with Crippen molar-refractivity contribution in [2.45, 2.75) is 46.3 Å². The van der Waals surface area contributed by atoms with Crippen LogP contribution in [0, 0.1) is 6.92 Å². The fourth-order valence-corrected chi connectivity index (χ4v) is 3.15. The highest BCUT2D eigenvalue weighted by Gasteiger charge is 2.18. The van der Waals surface area contributed by atoms with Crippen LogP contribution >= 0.6 is 0 Å². The second-order valence-electron chi connectivity index (χ2n) is 7.16. The smallest absolute Gasteiger partial charge is 0.308 e. The maximum absolute atomic E-state index is 12.2. The van der Waals surface area contributed by atoms with Gasteiger partial charge in [0.1, 0.15) is 11.4 Å². The quantitative estimate of drug-likeness (QED) is 0.667. The molecule has 132 valence electrons. The van der Waals surface area contributed by atoms with Gasteiger partial charge in [-0.05, 0) is 45.9 Å².